The highest BCUT2D eigenvalue weighted by molar-refractivity contribution is 6.15. The Hall–Kier alpha value is -3.32. The number of carbonyl (C=O) groups is 1. The number of nitrogens with two attached hydrogens (primary N) is 2. The van der Waals surface area contributed by atoms with E-state index in [0.29, 0.717) is 23.6 Å². The minimum absolute atomic E-state index is 0.195. The summed E-state index contributed by atoms with van der Waals surface area (Å²) in [6.45, 7) is 5.45. The average Bonchev–Trinajstić information content (AvgIpc) is 3.40. The molecular weight excluding hydrogens is 378 g/mol. The summed E-state index contributed by atoms with van der Waals surface area (Å²) in [5.74, 6) is 0.311. The highest BCUT2D eigenvalue weighted by Gasteiger charge is 2.17. The molecule has 7 heteroatoms. The number of carbonyl (C=O) groups excluding carboxylic acids is 1. The van der Waals surface area contributed by atoms with Crippen LogP contribution in [0.15, 0.2) is 47.6 Å². The molecule has 1 aliphatic heterocycles. The van der Waals surface area contributed by atoms with Crippen LogP contribution in [-0.4, -0.2) is 41.3 Å². The number of nitrogens with one attached hydrogen (secondary N) is 1. The number of nitrogens with zero attached hydrogens (tertiary/aromatic N) is 2. The first kappa shape index (κ1) is 20.0. The number of aromatic amines is 1. The number of nitrogen functional groups attached to an aromatic ring is 1. The minimum atomic E-state index is -0.434. The van der Waals surface area contributed by atoms with Crippen molar-refractivity contribution in [1.29, 1.82) is 0 Å². The van der Waals surface area contributed by atoms with Crippen molar-refractivity contribution in [1.82, 2.24) is 9.88 Å². The van der Waals surface area contributed by atoms with Crippen LogP contribution in [0.5, 0.6) is 5.75 Å². The first-order valence-corrected chi connectivity index (χ1v) is 10.3. The molecule has 3 aromatic rings. The third-order valence-corrected chi connectivity index (χ3v) is 5.43. The fraction of sp³-hybridized carbons (Fsp3) is 0.304. The number of aliphatic imine (C=N–C) groups is 1. The first-order valence-electron chi connectivity index (χ1n) is 10.3. The molecule has 1 aromatic heterocycles. The third kappa shape index (κ3) is 4.02. The summed E-state index contributed by atoms with van der Waals surface area (Å²) >= 11 is 0. The lowest BCUT2D eigenvalue weighted by atomic mass is 10.0. The van der Waals surface area contributed by atoms with Gasteiger partial charge in [0.25, 0.3) is 5.91 Å². The number of amides is 1. The normalized spacial score (nSPS) is 15.0. The number of anilines is 1. The molecule has 0 atom stereocenters. The van der Waals surface area contributed by atoms with Crippen LogP contribution in [0.3, 0.4) is 0 Å². The van der Waals surface area contributed by atoms with Crippen molar-refractivity contribution >= 4 is 28.3 Å². The van der Waals surface area contributed by atoms with Crippen LogP contribution in [0.25, 0.3) is 10.9 Å². The van der Waals surface area contributed by atoms with E-state index in [1.54, 1.807) is 18.2 Å². The summed E-state index contributed by atoms with van der Waals surface area (Å²) < 4.78 is 5.42. The van der Waals surface area contributed by atoms with Crippen molar-refractivity contribution in [2.45, 2.75) is 26.3 Å². The maximum absolute atomic E-state index is 12.7. The van der Waals surface area contributed by atoms with Gasteiger partial charge >= 0.3 is 0 Å². The van der Waals surface area contributed by atoms with E-state index in [0.717, 1.165) is 36.1 Å². The number of H-pyrrole nitrogens is 1. The van der Waals surface area contributed by atoms with Gasteiger partial charge in [-0.15, -0.1) is 0 Å². The van der Waals surface area contributed by atoms with Gasteiger partial charge in [-0.3, -0.25) is 9.69 Å². The molecule has 1 fully saturated rings. The standard InChI is InChI=1S/C23H27N5O2/c1-2-30-20-9-8-15(12-18(20)24)23(29)27-22(25)17-6-5-7-19-21(17)16(13-26-19)14-28-10-3-4-11-28/h5-9,12-13,26H,2-4,10-11,14,24H2,1H3,(H2,25,27,29). The molecule has 0 spiro atoms. The van der Waals surface area contributed by atoms with Gasteiger partial charge in [-0.1, -0.05) is 12.1 Å². The zero-order valence-corrected chi connectivity index (χ0v) is 17.1. The number of ether oxygens (including phenoxy) is 1. The first-order chi connectivity index (χ1) is 14.6. The number of hydrogen-bond acceptors (Lipinski definition) is 4. The van der Waals surface area contributed by atoms with E-state index in [9.17, 15) is 4.79 Å². The fourth-order valence-electron chi connectivity index (χ4n) is 3.98. The molecular formula is C23H27N5O2. The number of rotatable bonds is 6. The van der Waals surface area contributed by atoms with E-state index < -0.39 is 5.91 Å². The summed E-state index contributed by atoms with van der Waals surface area (Å²) in [5, 5.41) is 1.02. The lowest BCUT2D eigenvalue weighted by Gasteiger charge is -2.14. The molecule has 5 N–H and O–H groups in total. The monoisotopic (exact) mass is 405 g/mol. The molecule has 4 rings (SSSR count). The second-order valence-electron chi connectivity index (χ2n) is 7.51. The molecule has 0 radical (unpaired) electrons. The molecule has 156 valence electrons. The molecule has 0 aliphatic carbocycles. The van der Waals surface area contributed by atoms with Gasteiger partial charge < -0.3 is 21.2 Å². The van der Waals surface area contributed by atoms with Gasteiger partial charge in [0.15, 0.2) is 0 Å². The summed E-state index contributed by atoms with van der Waals surface area (Å²) in [6.07, 6.45) is 4.49. The molecule has 2 aromatic carbocycles. The van der Waals surface area contributed by atoms with E-state index in [2.05, 4.69) is 14.9 Å². The van der Waals surface area contributed by atoms with Crippen LogP contribution in [0, 0.1) is 0 Å². The van der Waals surface area contributed by atoms with Crippen molar-refractivity contribution in [2.75, 3.05) is 25.4 Å². The van der Waals surface area contributed by atoms with Gasteiger partial charge in [-0.05, 0) is 62.7 Å². The molecule has 1 amide bonds. The van der Waals surface area contributed by atoms with E-state index in [-0.39, 0.29) is 5.84 Å². The molecule has 2 heterocycles. The second kappa shape index (κ2) is 8.59. The predicted octanol–water partition coefficient (Wildman–Crippen LogP) is 3.29. The van der Waals surface area contributed by atoms with Crippen LogP contribution < -0.4 is 16.2 Å². The maximum Gasteiger partial charge on any atom is 0.279 e. The van der Waals surface area contributed by atoms with Gasteiger partial charge in [-0.25, -0.2) is 0 Å². The molecule has 30 heavy (non-hydrogen) atoms. The Morgan fingerprint density at radius 1 is 1.23 bits per heavy atom. The SMILES string of the molecule is CCOc1ccc(C(=O)N=C(N)c2cccc3[nH]cc(CN4CCCC4)c23)cc1N. The number of hydrogen-bond donors (Lipinski definition) is 3. The third-order valence-electron chi connectivity index (χ3n) is 5.43. The minimum Gasteiger partial charge on any atom is -0.492 e. The number of likely N-dealkylation sites (tertiary alicyclic amines) is 1. The summed E-state index contributed by atoms with van der Waals surface area (Å²) in [7, 11) is 0. The molecule has 1 aliphatic rings. The molecule has 7 nitrogen and oxygen atoms in total. The fourth-order valence-corrected chi connectivity index (χ4v) is 3.98. The van der Waals surface area contributed by atoms with Crippen LogP contribution in [0.2, 0.25) is 0 Å². The number of amidine groups is 1. The van der Waals surface area contributed by atoms with Gasteiger partial charge in [0.2, 0.25) is 0 Å². The molecule has 0 unspecified atom stereocenters. The lowest BCUT2D eigenvalue weighted by molar-refractivity contribution is 0.100. The van der Waals surface area contributed by atoms with Crippen molar-refractivity contribution < 1.29 is 9.53 Å². The summed E-state index contributed by atoms with van der Waals surface area (Å²) in [5.41, 5.74) is 16.0. The topological polar surface area (TPSA) is 110 Å². The quantitative estimate of drug-likeness (QED) is 0.331. The maximum atomic E-state index is 12.7. The van der Waals surface area contributed by atoms with Crippen LogP contribution in [0.1, 0.15) is 41.3 Å². The molecule has 0 bridgehead atoms. The predicted molar refractivity (Wildman–Crippen MR) is 120 cm³/mol. The van der Waals surface area contributed by atoms with E-state index in [4.69, 9.17) is 16.2 Å². The Labute approximate surface area is 175 Å². The largest absolute Gasteiger partial charge is 0.492 e. The Balaban J connectivity index is 1.64. The van der Waals surface area contributed by atoms with Crippen molar-refractivity contribution in [3.8, 4) is 5.75 Å². The van der Waals surface area contributed by atoms with Gasteiger partial charge in [0.05, 0.1) is 12.3 Å². The van der Waals surface area contributed by atoms with Gasteiger partial charge in [0.1, 0.15) is 11.6 Å². The van der Waals surface area contributed by atoms with Gasteiger partial charge in [-0.2, -0.15) is 4.99 Å². The zero-order chi connectivity index (χ0) is 21.1. The van der Waals surface area contributed by atoms with Crippen LogP contribution in [0.4, 0.5) is 5.69 Å². The van der Waals surface area contributed by atoms with E-state index in [1.165, 1.54) is 18.4 Å². The number of fused-ring (bicyclic) bond motifs is 1. The number of aromatic nitrogens is 1. The van der Waals surface area contributed by atoms with E-state index in [1.807, 2.05) is 31.3 Å². The Bertz CT molecular complexity index is 1100. The van der Waals surface area contributed by atoms with E-state index >= 15 is 0 Å². The summed E-state index contributed by atoms with van der Waals surface area (Å²) in [4.78, 5) is 22.6. The Morgan fingerprint density at radius 2 is 2.03 bits per heavy atom. The van der Waals surface area contributed by atoms with Crippen LogP contribution in [-0.2, 0) is 6.54 Å². The molecule has 1 saturated heterocycles. The Kier molecular flexibility index (Phi) is 5.72. The number of benzene rings is 2. The summed E-state index contributed by atoms with van der Waals surface area (Å²) in [6, 6.07) is 10.7. The zero-order valence-electron chi connectivity index (χ0n) is 17.1. The average molecular weight is 406 g/mol. The van der Waals surface area contributed by atoms with Crippen molar-refractivity contribution in [2.24, 2.45) is 10.7 Å². The smallest absolute Gasteiger partial charge is 0.279 e. The van der Waals surface area contributed by atoms with Crippen molar-refractivity contribution in [3.63, 3.8) is 0 Å². The van der Waals surface area contributed by atoms with Crippen LogP contribution >= 0.6 is 0 Å². The van der Waals surface area contributed by atoms with Gasteiger partial charge in [0, 0.05) is 34.8 Å². The highest BCUT2D eigenvalue weighted by atomic mass is 16.5. The highest BCUT2D eigenvalue weighted by Crippen LogP contribution is 2.26. The Morgan fingerprint density at radius 3 is 2.77 bits per heavy atom. The lowest BCUT2D eigenvalue weighted by Crippen LogP contribution is -2.19. The second-order valence-corrected chi connectivity index (χ2v) is 7.51. The van der Waals surface area contributed by atoms with Crippen molar-refractivity contribution in [3.05, 3.63) is 59.3 Å². The molecule has 0 saturated carbocycles.